The highest BCUT2D eigenvalue weighted by Gasteiger charge is 2.29. The van der Waals surface area contributed by atoms with Gasteiger partial charge in [-0.3, -0.25) is 9.69 Å². The van der Waals surface area contributed by atoms with Crippen molar-refractivity contribution >= 4 is 5.91 Å². The minimum absolute atomic E-state index is 0.0890. The van der Waals surface area contributed by atoms with Gasteiger partial charge >= 0.3 is 0 Å². The van der Waals surface area contributed by atoms with E-state index in [1.54, 1.807) is 0 Å². The molecule has 0 spiro atoms. The molecule has 3 atom stereocenters. The van der Waals surface area contributed by atoms with Crippen molar-refractivity contribution in [2.45, 2.75) is 31.3 Å². The Morgan fingerprint density at radius 1 is 1.26 bits per heavy atom. The van der Waals surface area contributed by atoms with Gasteiger partial charge < -0.3 is 15.8 Å². The Balaban J connectivity index is 1.62. The number of rotatable bonds is 5. The summed E-state index contributed by atoms with van der Waals surface area (Å²) in [6.07, 6.45) is 2.70. The molecular weight excluding hydrogens is 290 g/mol. The lowest BCUT2D eigenvalue weighted by molar-refractivity contribution is -0.125. The Labute approximate surface area is 138 Å². The molecule has 1 aromatic carbocycles. The Kier molecular flexibility index (Phi) is 5.65. The molecule has 5 nitrogen and oxygen atoms in total. The highest BCUT2D eigenvalue weighted by Crippen LogP contribution is 2.25. The molecule has 0 bridgehead atoms. The van der Waals surface area contributed by atoms with Crippen molar-refractivity contribution in [3.05, 3.63) is 35.9 Å². The minimum Gasteiger partial charge on any atom is -0.379 e. The highest BCUT2D eigenvalue weighted by atomic mass is 16.5. The summed E-state index contributed by atoms with van der Waals surface area (Å²) in [5, 5.41) is 3.16. The topological polar surface area (TPSA) is 67.6 Å². The summed E-state index contributed by atoms with van der Waals surface area (Å²) >= 11 is 0. The zero-order chi connectivity index (χ0) is 16.1. The SMILES string of the molecule is NC1CCC(C(=O)NCC(c2ccccc2)N2CCOCC2)C1. The fraction of sp³-hybridized carbons (Fsp3) is 0.611. The number of carbonyl (C=O) groups is 1. The van der Waals surface area contributed by atoms with Crippen molar-refractivity contribution in [2.24, 2.45) is 11.7 Å². The van der Waals surface area contributed by atoms with E-state index in [4.69, 9.17) is 10.5 Å². The van der Waals surface area contributed by atoms with Crippen LogP contribution in [0.3, 0.4) is 0 Å². The zero-order valence-electron chi connectivity index (χ0n) is 13.6. The second-order valence-corrected chi connectivity index (χ2v) is 6.59. The predicted octanol–water partition coefficient (Wildman–Crippen LogP) is 1.30. The quantitative estimate of drug-likeness (QED) is 0.859. The lowest BCUT2D eigenvalue weighted by Crippen LogP contribution is -2.44. The van der Waals surface area contributed by atoms with Crippen molar-refractivity contribution in [3.63, 3.8) is 0 Å². The third-order valence-corrected chi connectivity index (χ3v) is 4.98. The number of amides is 1. The van der Waals surface area contributed by atoms with Gasteiger partial charge in [-0.15, -0.1) is 0 Å². The number of morpholine rings is 1. The van der Waals surface area contributed by atoms with Crippen LogP contribution >= 0.6 is 0 Å². The van der Waals surface area contributed by atoms with Gasteiger partial charge in [-0.25, -0.2) is 0 Å². The molecule has 1 amide bonds. The van der Waals surface area contributed by atoms with E-state index < -0.39 is 0 Å². The Bertz CT molecular complexity index is 502. The number of hydrogen-bond donors (Lipinski definition) is 2. The van der Waals surface area contributed by atoms with Crippen LogP contribution in [0.4, 0.5) is 0 Å². The molecule has 23 heavy (non-hydrogen) atoms. The van der Waals surface area contributed by atoms with Crippen LogP contribution in [0.1, 0.15) is 30.9 Å². The van der Waals surface area contributed by atoms with Crippen LogP contribution < -0.4 is 11.1 Å². The maximum atomic E-state index is 12.4. The Hall–Kier alpha value is -1.43. The van der Waals surface area contributed by atoms with Gasteiger partial charge in [0.15, 0.2) is 0 Å². The van der Waals surface area contributed by atoms with E-state index in [9.17, 15) is 4.79 Å². The first-order chi connectivity index (χ1) is 11.2. The first-order valence-electron chi connectivity index (χ1n) is 8.64. The molecule has 126 valence electrons. The van der Waals surface area contributed by atoms with E-state index in [1.807, 2.05) is 6.07 Å². The monoisotopic (exact) mass is 317 g/mol. The minimum atomic E-state index is 0.0890. The van der Waals surface area contributed by atoms with Crippen LogP contribution in [0.5, 0.6) is 0 Å². The fourth-order valence-corrected chi connectivity index (χ4v) is 3.62. The van der Waals surface area contributed by atoms with Gasteiger partial charge in [-0.1, -0.05) is 30.3 Å². The summed E-state index contributed by atoms with van der Waals surface area (Å²) in [6.45, 7) is 3.98. The van der Waals surface area contributed by atoms with E-state index >= 15 is 0 Å². The lowest BCUT2D eigenvalue weighted by Gasteiger charge is -2.35. The van der Waals surface area contributed by atoms with Crippen LogP contribution in [-0.2, 0) is 9.53 Å². The molecule has 0 radical (unpaired) electrons. The van der Waals surface area contributed by atoms with Crippen LogP contribution in [0, 0.1) is 5.92 Å². The van der Waals surface area contributed by atoms with Crippen LogP contribution in [0.15, 0.2) is 30.3 Å². The molecule has 0 aromatic heterocycles. The van der Waals surface area contributed by atoms with Crippen LogP contribution in [0.25, 0.3) is 0 Å². The van der Waals surface area contributed by atoms with Gasteiger partial charge in [0, 0.05) is 31.6 Å². The maximum Gasteiger partial charge on any atom is 0.223 e. The van der Waals surface area contributed by atoms with Gasteiger partial charge in [0.2, 0.25) is 5.91 Å². The van der Waals surface area contributed by atoms with Crippen molar-refractivity contribution in [3.8, 4) is 0 Å². The molecule has 1 aliphatic heterocycles. The first kappa shape index (κ1) is 16.4. The van der Waals surface area contributed by atoms with Crippen LogP contribution in [-0.4, -0.2) is 49.7 Å². The predicted molar refractivity (Wildman–Crippen MR) is 89.9 cm³/mol. The molecule has 1 aromatic rings. The van der Waals surface area contributed by atoms with Gasteiger partial charge in [0.05, 0.1) is 19.3 Å². The molecule has 5 heteroatoms. The number of benzene rings is 1. The van der Waals surface area contributed by atoms with E-state index in [2.05, 4.69) is 34.5 Å². The molecule has 1 heterocycles. The standard InChI is InChI=1S/C18H27N3O2/c19-16-7-6-15(12-16)18(22)20-13-17(14-4-2-1-3-5-14)21-8-10-23-11-9-21/h1-5,15-17H,6-13,19H2,(H,20,22). The molecule has 3 unspecified atom stereocenters. The molecule has 1 saturated carbocycles. The number of ether oxygens (including phenoxy) is 1. The molecule has 2 fully saturated rings. The molecule has 3 rings (SSSR count). The summed E-state index contributed by atoms with van der Waals surface area (Å²) in [5.41, 5.74) is 7.17. The second-order valence-electron chi connectivity index (χ2n) is 6.59. The van der Waals surface area contributed by atoms with Gasteiger partial charge in [0.25, 0.3) is 0 Å². The summed E-state index contributed by atoms with van der Waals surface area (Å²) in [5.74, 6) is 0.248. The van der Waals surface area contributed by atoms with Crippen molar-refractivity contribution in [1.82, 2.24) is 10.2 Å². The number of nitrogens with one attached hydrogen (secondary N) is 1. The average molecular weight is 317 g/mol. The number of nitrogens with two attached hydrogens (primary N) is 1. The van der Waals surface area contributed by atoms with Crippen molar-refractivity contribution < 1.29 is 9.53 Å². The number of hydrogen-bond acceptors (Lipinski definition) is 4. The highest BCUT2D eigenvalue weighted by molar-refractivity contribution is 5.79. The van der Waals surface area contributed by atoms with E-state index in [1.165, 1.54) is 5.56 Å². The summed E-state index contributed by atoms with van der Waals surface area (Å²) in [4.78, 5) is 14.8. The van der Waals surface area contributed by atoms with Gasteiger partial charge in [0.1, 0.15) is 0 Å². The molecule has 1 aliphatic carbocycles. The average Bonchev–Trinajstić information content (AvgIpc) is 3.03. The van der Waals surface area contributed by atoms with Crippen LogP contribution in [0.2, 0.25) is 0 Å². The Morgan fingerprint density at radius 2 is 2.00 bits per heavy atom. The third-order valence-electron chi connectivity index (χ3n) is 4.98. The number of nitrogens with zero attached hydrogens (tertiary/aromatic N) is 1. The van der Waals surface area contributed by atoms with E-state index in [0.29, 0.717) is 6.54 Å². The second kappa shape index (κ2) is 7.90. The summed E-state index contributed by atoms with van der Waals surface area (Å²) < 4.78 is 5.46. The Morgan fingerprint density at radius 3 is 2.65 bits per heavy atom. The van der Waals surface area contributed by atoms with E-state index in [0.717, 1.165) is 45.6 Å². The van der Waals surface area contributed by atoms with Crippen molar-refractivity contribution in [2.75, 3.05) is 32.8 Å². The largest absolute Gasteiger partial charge is 0.379 e. The molecule has 1 saturated heterocycles. The van der Waals surface area contributed by atoms with Crippen molar-refractivity contribution in [1.29, 1.82) is 0 Å². The van der Waals surface area contributed by atoms with Gasteiger partial charge in [-0.2, -0.15) is 0 Å². The first-order valence-corrected chi connectivity index (χ1v) is 8.64. The summed E-state index contributed by atoms with van der Waals surface area (Å²) in [6, 6.07) is 10.8. The number of carbonyl (C=O) groups excluding carboxylic acids is 1. The smallest absolute Gasteiger partial charge is 0.223 e. The zero-order valence-corrected chi connectivity index (χ0v) is 13.6. The van der Waals surface area contributed by atoms with E-state index in [-0.39, 0.29) is 23.9 Å². The molecule has 3 N–H and O–H groups in total. The lowest BCUT2D eigenvalue weighted by atomic mass is 10.0. The maximum absolute atomic E-state index is 12.4. The fourth-order valence-electron chi connectivity index (χ4n) is 3.62. The summed E-state index contributed by atoms with van der Waals surface area (Å²) in [7, 11) is 0. The molecular formula is C18H27N3O2. The van der Waals surface area contributed by atoms with Gasteiger partial charge in [-0.05, 0) is 24.8 Å². The molecule has 2 aliphatic rings. The third kappa shape index (κ3) is 4.31. The normalized spacial score (nSPS) is 26.8.